The first-order valence-electron chi connectivity index (χ1n) is 6.37. The van der Waals surface area contributed by atoms with Crippen molar-refractivity contribution < 1.29 is 4.79 Å². The van der Waals surface area contributed by atoms with Gasteiger partial charge < -0.3 is 11.1 Å². The van der Waals surface area contributed by atoms with Gasteiger partial charge in [-0.1, -0.05) is 13.3 Å². The summed E-state index contributed by atoms with van der Waals surface area (Å²) < 4.78 is 0. The van der Waals surface area contributed by atoms with Gasteiger partial charge in [-0.25, -0.2) is 0 Å². The number of likely N-dealkylation sites (tertiary alicyclic amines) is 1. The summed E-state index contributed by atoms with van der Waals surface area (Å²) in [5, 5.41) is 2.87. The van der Waals surface area contributed by atoms with Crippen LogP contribution in [0.2, 0.25) is 0 Å². The first kappa shape index (κ1) is 13.5. The lowest BCUT2D eigenvalue weighted by Gasteiger charge is -2.39. The third-order valence-electron chi connectivity index (χ3n) is 3.63. The molecule has 0 aromatic heterocycles. The van der Waals surface area contributed by atoms with E-state index in [0.29, 0.717) is 18.5 Å². The van der Waals surface area contributed by atoms with Gasteiger partial charge in [0.05, 0.1) is 6.04 Å². The zero-order valence-electron chi connectivity index (χ0n) is 10.7. The number of carbonyl (C=O) groups is 1. The van der Waals surface area contributed by atoms with E-state index in [9.17, 15) is 4.79 Å². The number of likely N-dealkylation sites (N-methyl/N-ethyl adjacent to an activating group) is 1. The van der Waals surface area contributed by atoms with E-state index >= 15 is 0 Å². The van der Waals surface area contributed by atoms with E-state index < -0.39 is 0 Å². The predicted molar refractivity (Wildman–Crippen MR) is 66.1 cm³/mol. The summed E-state index contributed by atoms with van der Waals surface area (Å²) in [6.45, 7) is 8.70. The Morgan fingerprint density at radius 3 is 2.81 bits per heavy atom. The van der Waals surface area contributed by atoms with Crippen molar-refractivity contribution in [2.75, 3.05) is 19.6 Å². The molecule has 3 atom stereocenters. The molecule has 16 heavy (non-hydrogen) atoms. The SMILES string of the molecule is CCNC(=O)C(C)N1CCC(N)C(CC)C1. The van der Waals surface area contributed by atoms with Gasteiger partial charge in [-0.3, -0.25) is 9.69 Å². The number of hydrogen-bond acceptors (Lipinski definition) is 3. The minimum atomic E-state index is -0.0264. The molecular weight excluding hydrogens is 202 g/mol. The molecule has 1 saturated heterocycles. The van der Waals surface area contributed by atoms with E-state index in [0.717, 1.165) is 25.9 Å². The van der Waals surface area contributed by atoms with Crippen LogP contribution in [0.4, 0.5) is 0 Å². The fourth-order valence-electron chi connectivity index (χ4n) is 2.35. The van der Waals surface area contributed by atoms with Gasteiger partial charge in [0.15, 0.2) is 0 Å². The van der Waals surface area contributed by atoms with Crippen LogP contribution in [0.25, 0.3) is 0 Å². The second kappa shape index (κ2) is 6.21. The molecule has 0 aliphatic carbocycles. The number of nitrogens with zero attached hydrogens (tertiary/aromatic N) is 1. The van der Waals surface area contributed by atoms with Crippen LogP contribution < -0.4 is 11.1 Å². The molecule has 0 radical (unpaired) electrons. The highest BCUT2D eigenvalue weighted by Gasteiger charge is 2.30. The quantitative estimate of drug-likeness (QED) is 0.738. The molecule has 0 saturated carbocycles. The van der Waals surface area contributed by atoms with Crippen molar-refractivity contribution in [2.45, 2.75) is 45.7 Å². The molecule has 1 aliphatic rings. The minimum absolute atomic E-state index is 0.0264. The van der Waals surface area contributed by atoms with Crippen molar-refractivity contribution in [3.8, 4) is 0 Å². The smallest absolute Gasteiger partial charge is 0.237 e. The zero-order chi connectivity index (χ0) is 12.1. The molecule has 1 fully saturated rings. The predicted octanol–water partition coefficient (Wildman–Crippen LogP) is 0.570. The van der Waals surface area contributed by atoms with Gasteiger partial charge >= 0.3 is 0 Å². The van der Waals surface area contributed by atoms with Crippen molar-refractivity contribution in [2.24, 2.45) is 11.7 Å². The first-order valence-corrected chi connectivity index (χ1v) is 6.37. The first-order chi connectivity index (χ1) is 7.60. The van der Waals surface area contributed by atoms with Crippen molar-refractivity contribution in [1.82, 2.24) is 10.2 Å². The van der Waals surface area contributed by atoms with Gasteiger partial charge in [-0.2, -0.15) is 0 Å². The van der Waals surface area contributed by atoms with E-state index in [1.807, 2.05) is 13.8 Å². The fraction of sp³-hybridized carbons (Fsp3) is 0.917. The Kier molecular flexibility index (Phi) is 5.22. The Balaban J connectivity index is 2.51. The van der Waals surface area contributed by atoms with Crippen molar-refractivity contribution in [3.63, 3.8) is 0 Å². The Hall–Kier alpha value is -0.610. The van der Waals surface area contributed by atoms with Gasteiger partial charge in [-0.05, 0) is 26.2 Å². The molecule has 3 N–H and O–H groups in total. The van der Waals surface area contributed by atoms with Crippen molar-refractivity contribution in [1.29, 1.82) is 0 Å². The van der Waals surface area contributed by atoms with Crippen LogP contribution in [-0.4, -0.2) is 42.5 Å². The topological polar surface area (TPSA) is 58.4 Å². The Morgan fingerprint density at radius 2 is 2.25 bits per heavy atom. The lowest BCUT2D eigenvalue weighted by Crippen LogP contribution is -2.53. The van der Waals surface area contributed by atoms with Crippen LogP contribution in [-0.2, 0) is 4.79 Å². The standard InChI is InChI=1S/C12H25N3O/c1-4-10-8-15(7-6-11(10)13)9(3)12(16)14-5-2/h9-11H,4-8,13H2,1-3H3,(H,14,16). The molecule has 1 amide bonds. The molecule has 1 aliphatic heterocycles. The third-order valence-corrected chi connectivity index (χ3v) is 3.63. The summed E-state index contributed by atoms with van der Waals surface area (Å²) in [4.78, 5) is 14.0. The Labute approximate surface area is 98.6 Å². The van der Waals surface area contributed by atoms with Gasteiger partial charge in [0.25, 0.3) is 0 Å². The summed E-state index contributed by atoms with van der Waals surface area (Å²) in [5.41, 5.74) is 6.06. The molecule has 1 heterocycles. The van der Waals surface area contributed by atoms with Crippen LogP contribution in [0, 0.1) is 5.92 Å². The van der Waals surface area contributed by atoms with E-state index in [2.05, 4.69) is 17.1 Å². The maximum Gasteiger partial charge on any atom is 0.237 e. The summed E-state index contributed by atoms with van der Waals surface area (Å²) >= 11 is 0. The molecule has 4 heteroatoms. The van der Waals surface area contributed by atoms with Crippen molar-refractivity contribution in [3.05, 3.63) is 0 Å². The normalized spacial score (nSPS) is 28.8. The van der Waals surface area contributed by atoms with Crippen LogP contribution in [0.15, 0.2) is 0 Å². The Morgan fingerprint density at radius 1 is 1.56 bits per heavy atom. The van der Waals surface area contributed by atoms with Gasteiger partial charge in [-0.15, -0.1) is 0 Å². The van der Waals surface area contributed by atoms with Gasteiger partial charge in [0.1, 0.15) is 0 Å². The molecule has 0 bridgehead atoms. The third kappa shape index (κ3) is 3.19. The highest BCUT2D eigenvalue weighted by atomic mass is 16.2. The molecule has 0 spiro atoms. The lowest BCUT2D eigenvalue weighted by molar-refractivity contribution is -0.126. The monoisotopic (exact) mass is 227 g/mol. The minimum Gasteiger partial charge on any atom is -0.355 e. The largest absolute Gasteiger partial charge is 0.355 e. The number of piperidine rings is 1. The average molecular weight is 227 g/mol. The molecule has 0 aromatic rings. The Bertz CT molecular complexity index is 232. The van der Waals surface area contributed by atoms with Crippen LogP contribution in [0.5, 0.6) is 0 Å². The van der Waals surface area contributed by atoms with E-state index in [4.69, 9.17) is 5.73 Å². The highest BCUT2D eigenvalue weighted by Crippen LogP contribution is 2.20. The molecule has 3 unspecified atom stereocenters. The lowest BCUT2D eigenvalue weighted by atomic mass is 9.90. The number of nitrogens with one attached hydrogen (secondary N) is 1. The number of rotatable bonds is 4. The summed E-state index contributed by atoms with van der Waals surface area (Å²) in [5.74, 6) is 0.665. The number of nitrogens with two attached hydrogens (primary N) is 1. The number of hydrogen-bond donors (Lipinski definition) is 2. The summed E-state index contributed by atoms with van der Waals surface area (Å²) in [6, 6.07) is 0.282. The molecule has 0 aromatic carbocycles. The van der Waals surface area contributed by atoms with Crippen LogP contribution >= 0.6 is 0 Å². The van der Waals surface area contributed by atoms with Gasteiger partial charge in [0.2, 0.25) is 5.91 Å². The van der Waals surface area contributed by atoms with Crippen LogP contribution in [0.1, 0.15) is 33.6 Å². The maximum absolute atomic E-state index is 11.7. The summed E-state index contributed by atoms with van der Waals surface area (Å²) in [6.07, 6.45) is 2.10. The second-order valence-electron chi connectivity index (χ2n) is 4.69. The molecule has 94 valence electrons. The average Bonchev–Trinajstić information content (AvgIpc) is 2.29. The van der Waals surface area contributed by atoms with Gasteiger partial charge in [0, 0.05) is 25.7 Å². The van der Waals surface area contributed by atoms with Crippen molar-refractivity contribution >= 4 is 5.91 Å². The summed E-state index contributed by atoms with van der Waals surface area (Å²) in [7, 11) is 0. The molecule has 4 nitrogen and oxygen atoms in total. The fourth-order valence-corrected chi connectivity index (χ4v) is 2.35. The molecular formula is C12H25N3O. The van der Waals surface area contributed by atoms with E-state index in [1.165, 1.54) is 0 Å². The second-order valence-corrected chi connectivity index (χ2v) is 4.69. The zero-order valence-corrected chi connectivity index (χ0v) is 10.7. The highest BCUT2D eigenvalue weighted by molar-refractivity contribution is 5.81. The van der Waals surface area contributed by atoms with E-state index in [1.54, 1.807) is 0 Å². The number of amides is 1. The van der Waals surface area contributed by atoms with Crippen LogP contribution in [0.3, 0.4) is 0 Å². The van der Waals surface area contributed by atoms with E-state index in [-0.39, 0.29) is 11.9 Å². The molecule has 1 rings (SSSR count). The maximum atomic E-state index is 11.7. The number of carbonyl (C=O) groups excluding carboxylic acids is 1.